The second kappa shape index (κ2) is 5.67. The van der Waals surface area contributed by atoms with Gasteiger partial charge in [-0.3, -0.25) is 4.98 Å². The Labute approximate surface area is 125 Å². The fourth-order valence-electron chi connectivity index (χ4n) is 2.14. The molecule has 3 aromatic rings. The van der Waals surface area contributed by atoms with E-state index in [0.717, 1.165) is 23.0 Å². The minimum Gasteiger partial charge on any atom is -0.487 e. The van der Waals surface area contributed by atoms with Crippen molar-refractivity contribution < 1.29 is 17.9 Å². The van der Waals surface area contributed by atoms with Crippen LogP contribution in [0, 0.1) is 0 Å². The van der Waals surface area contributed by atoms with Crippen molar-refractivity contribution >= 4 is 10.9 Å². The van der Waals surface area contributed by atoms with Crippen LogP contribution in [0.3, 0.4) is 0 Å². The second-order valence-electron chi connectivity index (χ2n) is 4.81. The molecule has 0 N–H and O–H groups in total. The SMILES string of the molecule is FC(F)(F)c1ccc(COc2cccc3cccnc23)cc1. The van der Waals surface area contributed by atoms with E-state index in [1.165, 1.54) is 12.1 Å². The molecule has 0 saturated heterocycles. The molecule has 0 aliphatic carbocycles. The smallest absolute Gasteiger partial charge is 0.416 e. The number of alkyl halides is 3. The summed E-state index contributed by atoms with van der Waals surface area (Å²) in [7, 11) is 0. The third-order valence-corrected chi connectivity index (χ3v) is 3.27. The molecule has 1 heterocycles. The number of fused-ring (bicyclic) bond motifs is 1. The van der Waals surface area contributed by atoms with Crippen molar-refractivity contribution in [1.29, 1.82) is 0 Å². The molecule has 2 nitrogen and oxygen atoms in total. The van der Waals surface area contributed by atoms with Crippen LogP contribution in [0.1, 0.15) is 11.1 Å². The zero-order valence-corrected chi connectivity index (χ0v) is 11.5. The molecule has 1 aromatic heterocycles. The summed E-state index contributed by atoms with van der Waals surface area (Å²) < 4.78 is 43.2. The molecule has 5 heteroatoms. The number of rotatable bonds is 3. The topological polar surface area (TPSA) is 22.1 Å². The van der Waals surface area contributed by atoms with Gasteiger partial charge in [-0.2, -0.15) is 13.2 Å². The lowest BCUT2D eigenvalue weighted by Gasteiger charge is -2.10. The zero-order valence-electron chi connectivity index (χ0n) is 11.5. The summed E-state index contributed by atoms with van der Waals surface area (Å²) in [5.74, 6) is 0.609. The molecule has 22 heavy (non-hydrogen) atoms. The van der Waals surface area contributed by atoms with Crippen molar-refractivity contribution in [3.63, 3.8) is 0 Å². The molecule has 112 valence electrons. The van der Waals surface area contributed by atoms with Crippen LogP contribution in [-0.4, -0.2) is 4.98 Å². The lowest BCUT2D eigenvalue weighted by Crippen LogP contribution is -2.05. The lowest BCUT2D eigenvalue weighted by atomic mass is 10.1. The number of pyridine rings is 1. The van der Waals surface area contributed by atoms with Crippen molar-refractivity contribution in [2.75, 3.05) is 0 Å². The van der Waals surface area contributed by atoms with Gasteiger partial charge in [0, 0.05) is 11.6 Å². The molecule has 0 fully saturated rings. The summed E-state index contributed by atoms with van der Waals surface area (Å²) in [5.41, 5.74) is 0.737. The van der Waals surface area contributed by atoms with Crippen molar-refractivity contribution in [3.05, 3.63) is 71.9 Å². The lowest BCUT2D eigenvalue weighted by molar-refractivity contribution is -0.137. The van der Waals surface area contributed by atoms with Gasteiger partial charge in [0.2, 0.25) is 0 Å². The summed E-state index contributed by atoms with van der Waals surface area (Å²) in [6.07, 6.45) is -2.65. The van der Waals surface area contributed by atoms with Gasteiger partial charge in [-0.1, -0.05) is 30.3 Å². The minimum absolute atomic E-state index is 0.188. The zero-order chi connectivity index (χ0) is 15.6. The molecule has 0 atom stereocenters. The number of para-hydroxylation sites is 1. The van der Waals surface area contributed by atoms with E-state index in [-0.39, 0.29) is 6.61 Å². The molecule has 2 aromatic carbocycles. The van der Waals surface area contributed by atoms with Gasteiger partial charge in [0.15, 0.2) is 0 Å². The molecule has 0 radical (unpaired) electrons. The maximum Gasteiger partial charge on any atom is 0.416 e. The first kappa shape index (κ1) is 14.4. The maximum absolute atomic E-state index is 12.5. The molecule has 0 bridgehead atoms. The van der Waals surface area contributed by atoms with Crippen LogP contribution in [0.4, 0.5) is 13.2 Å². The van der Waals surface area contributed by atoms with Crippen LogP contribution in [-0.2, 0) is 12.8 Å². The highest BCUT2D eigenvalue weighted by atomic mass is 19.4. The van der Waals surface area contributed by atoms with Gasteiger partial charge < -0.3 is 4.74 Å². The summed E-state index contributed by atoms with van der Waals surface area (Å²) in [4.78, 5) is 4.27. The summed E-state index contributed by atoms with van der Waals surface area (Å²) in [6.45, 7) is 0.188. The monoisotopic (exact) mass is 303 g/mol. The number of hydrogen-bond acceptors (Lipinski definition) is 2. The minimum atomic E-state index is -4.32. The van der Waals surface area contributed by atoms with Crippen LogP contribution < -0.4 is 4.74 Å². The molecule has 0 unspecified atom stereocenters. The van der Waals surface area contributed by atoms with E-state index in [9.17, 15) is 13.2 Å². The quantitative estimate of drug-likeness (QED) is 0.691. The Bertz CT molecular complexity index is 777. The van der Waals surface area contributed by atoms with Crippen LogP contribution in [0.5, 0.6) is 5.75 Å². The van der Waals surface area contributed by atoms with Crippen molar-refractivity contribution in [3.8, 4) is 5.75 Å². The van der Waals surface area contributed by atoms with Gasteiger partial charge in [-0.25, -0.2) is 0 Å². The fourth-order valence-corrected chi connectivity index (χ4v) is 2.14. The molecular formula is C17H12F3NO. The Kier molecular flexibility index (Phi) is 3.71. The summed E-state index contributed by atoms with van der Waals surface area (Å²) in [6, 6.07) is 14.3. The van der Waals surface area contributed by atoms with Gasteiger partial charge in [0.1, 0.15) is 17.9 Å². The van der Waals surface area contributed by atoms with Gasteiger partial charge in [0.25, 0.3) is 0 Å². The Morgan fingerprint density at radius 2 is 1.64 bits per heavy atom. The normalized spacial score (nSPS) is 11.6. The average Bonchev–Trinajstić information content (AvgIpc) is 2.52. The third-order valence-electron chi connectivity index (χ3n) is 3.27. The molecule has 0 amide bonds. The molecule has 0 saturated carbocycles. The van der Waals surface area contributed by atoms with Crippen LogP contribution in [0.15, 0.2) is 60.8 Å². The number of aromatic nitrogens is 1. The molecular weight excluding hydrogens is 291 g/mol. The van der Waals surface area contributed by atoms with Crippen molar-refractivity contribution in [2.24, 2.45) is 0 Å². The van der Waals surface area contributed by atoms with E-state index in [1.54, 1.807) is 12.3 Å². The molecule has 0 aliphatic heterocycles. The Morgan fingerprint density at radius 3 is 2.36 bits per heavy atom. The second-order valence-corrected chi connectivity index (χ2v) is 4.81. The third kappa shape index (κ3) is 3.03. The number of benzene rings is 2. The highest BCUT2D eigenvalue weighted by Crippen LogP contribution is 2.29. The van der Waals surface area contributed by atoms with Gasteiger partial charge in [-0.15, -0.1) is 0 Å². The highest BCUT2D eigenvalue weighted by Gasteiger charge is 2.29. The van der Waals surface area contributed by atoms with Crippen molar-refractivity contribution in [2.45, 2.75) is 12.8 Å². The van der Waals surface area contributed by atoms with Gasteiger partial charge >= 0.3 is 6.18 Å². The predicted molar refractivity (Wildman–Crippen MR) is 77.5 cm³/mol. The van der Waals surface area contributed by atoms with E-state index in [1.807, 2.05) is 24.3 Å². The van der Waals surface area contributed by atoms with Crippen LogP contribution in [0.2, 0.25) is 0 Å². The van der Waals surface area contributed by atoms with Crippen molar-refractivity contribution in [1.82, 2.24) is 4.98 Å². The Balaban J connectivity index is 1.77. The fraction of sp³-hybridized carbons (Fsp3) is 0.118. The average molecular weight is 303 g/mol. The Morgan fingerprint density at radius 1 is 0.909 bits per heavy atom. The molecule has 0 aliphatic rings. The Hall–Kier alpha value is -2.56. The first-order chi connectivity index (χ1) is 10.5. The molecule has 3 rings (SSSR count). The molecule has 0 spiro atoms. The number of hydrogen-bond donors (Lipinski definition) is 0. The van der Waals surface area contributed by atoms with E-state index in [0.29, 0.717) is 11.3 Å². The predicted octanol–water partition coefficient (Wildman–Crippen LogP) is 4.83. The number of ether oxygens (including phenoxy) is 1. The van der Waals surface area contributed by atoms with E-state index < -0.39 is 11.7 Å². The first-order valence-electron chi connectivity index (χ1n) is 6.67. The largest absolute Gasteiger partial charge is 0.487 e. The first-order valence-corrected chi connectivity index (χ1v) is 6.67. The van der Waals surface area contributed by atoms with E-state index in [2.05, 4.69) is 4.98 Å². The summed E-state index contributed by atoms with van der Waals surface area (Å²) >= 11 is 0. The highest BCUT2D eigenvalue weighted by molar-refractivity contribution is 5.84. The van der Waals surface area contributed by atoms with Crippen LogP contribution in [0.25, 0.3) is 10.9 Å². The van der Waals surface area contributed by atoms with E-state index in [4.69, 9.17) is 4.74 Å². The number of nitrogens with zero attached hydrogens (tertiary/aromatic N) is 1. The summed E-state index contributed by atoms with van der Waals surface area (Å²) in [5, 5.41) is 0.951. The van der Waals surface area contributed by atoms with Gasteiger partial charge in [-0.05, 0) is 29.8 Å². The van der Waals surface area contributed by atoms with Gasteiger partial charge in [0.05, 0.1) is 5.56 Å². The van der Waals surface area contributed by atoms with E-state index >= 15 is 0 Å². The standard InChI is InChI=1S/C17H12F3NO/c18-17(19,20)14-8-6-12(7-9-14)11-22-15-5-1-3-13-4-2-10-21-16(13)15/h1-10H,11H2. The maximum atomic E-state index is 12.5. The number of halogens is 3. The van der Waals surface area contributed by atoms with Crippen LogP contribution >= 0.6 is 0 Å².